The first kappa shape index (κ1) is 17.8. The molecule has 12 heteroatoms. The minimum atomic E-state index is -6.27. The molecule has 0 rings (SSSR count). The van der Waals surface area contributed by atoms with Crippen LogP contribution in [-0.4, -0.2) is 41.3 Å². The third kappa shape index (κ3) is 3.64. The summed E-state index contributed by atoms with van der Waals surface area (Å²) in [6, 6.07) is 0. The van der Waals surface area contributed by atoms with Crippen molar-refractivity contribution in [3.8, 4) is 0 Å². The van der Waals surface area contributed by atoms with Gasteiger partial charge in [0.15, 0.2) is 0 Å². The van der Waals surface area contributed by atoms with Crippen LogP contribution in [0.5, 0.6) is 0 Å². The average molecular weight is 308 g/mol. The van der Waals surface area contributed by atoms with E-state index in [2.05, 4.69) is 4.74 Å². The van der Waals surface area contributed by atoms with Gasteiger partial charge in [0.2, 0.25) is 0 Å². The normalized spacial score (nSPS) is 18.8. The van der Waals surface area contributed by atoms with Crippen molar-refractivity contribution in [1.29, 1.82) is 0 Å². The third-order valence-electron chi connectivity index (χ3n) is 1.87. The van der Waals surface area contributed by atoms with Crippen LogP contribution in [0.2, 0.25) is 0 Å². The maximum atomic E-state index is 12.8. The monoisotopic (exact) mass is 308 g/mol. The Labute approximate surface area is 98.5 Å². The van der Waals surface area contributed by atoms with Crippen LogP contribution in [0.3, 0.4) is 0 Å². The van der Waals surface area contributed by atoms with Gasteiger partial charge in [0.1, 0.15) is 0 Å². The van der Waals surface area contributed by atoms with E-state index >= 15 is 0 Å². The van der Waals surface area contributed by atoms with Gasteiger partial charge in [-0.1, -0.05) is 0 Å². The number of carboxylic acid groups (broad SMARTS) is 1. The lowest BCUT2D eigenvalue weighted by Gasteiger charge is -2.33. The standard InChI is InChI=1S/C7H5F9O3/c1-4(8,6(12,13)14)7(15,16)19-2(3(17)18)5(9,10)11/h2H,1H3,(H,17,18). The smallest absolute Gasteiger partial charge is 0.430 e. The van der Waals surface area contributed by atoms with Crippen LogP contribution in [0, 0.1) is 0 Å². The highest BCUT2D eigenvalue weighted by molar-refractivity contribution is 5.73. The van der Waals surface area contributed by atoms with Crippen LogP contribution in [0.1, 0.15) is 6.92 Å². The first-order valence-corrected chi connectivity index (χ1v) is 4.15. The van der Waals surface area contributed by atoms with Crippen molar-refractivity contribution in [1.82, 2.24) is 0 Å². The summed E-state index contributed by atoms with van der Waals surface area (Å²) in [6.07, 6.45) is -22.6. The largest absolute Gasteiger partial charge is 0.479 e. The Morgan fingerprint density at radius 3 is 1.58 bits per heavy atom. The fourth-order valence-corrected chi connectivity index (χ4v) is 0.681. The summed E-state index contributed by atoms with van der Waals surface area (Å²) < 4.78 is 112. The predicted molar refractivity (Wildman–Crippen MR) is 39.1 cm³/mol. The van der Waals surface area contributed by atoms with Crippen molar-refractivity contribution < 1.29 is 54.2 Å². The number of rotatable bonds is 4. The Kier molecular flexibility index (Phi) is 4.42. The fourth-order valence-electron chi connectivity index (χ4n) is 0.681. The molecule has 3 nitrogen and oxygen atoms in total. The second-order valence-corrected chi connectivity index (χ2v) is 3.40. The molecule has 114 valence electrons. The van der Waals surface area contributed by atoms with Gasteiger partial charge >= 0.3 is 24.4 Å². The number of carbonyl (C=O) groups is 1. The highest BCUT2D eigenvalue weighted by atomic mass is 19.4. The molecule has 0 saturated carbocycles. The molecule has 0 heterocycles. The molecule has 0 bridgehead atoms. The van der Waals surface area contributed by atoms with Gasteiger partial charge in [-0.05, 0) is 6.92 Å². The number of ether oxygens (including phenoxy) is 1. The molecule has 0 fully saturated rings. The van der Waals surface area contributed by atoms with Crippen LogP contribution in [0.25, 0.3) is 0 Å². The van der Waals surface area contributed by atoms with Gasteiger partial charge < -0.3 is 5.11 Å². The lowest BCUT2D eigenvalue weighted by molar-refractivity contribution is -0.403. The van der Waals surface area contributed by atoms with Gasteiger partial charge in [-0.25, -0.2) is 9.18 Å². The molecule has 1 N–H and O–H groups in total. The Morgan fingerprint density at radius 1 is 1.00 bits per heavy atom. The summed E-state index contributed by atoms with van der Waals surface area (Å²) in [5.74, 6) is -3.04. The minimum absolute atomic E-state index is 0.776. The highest BCUT2D eigenvalue weighted by Gasteiger charge is 2.71. The number of aliphatic carboxylic acids is 1. The Balaban J connectivity index is 5.41. The van der Waals surface area contributed by atoms with E-state index in [0.717, 1.165) is 0 Å². The number of halogens is 9. The van der Waals surface area contributed by atoms with E-state index in [4.69, 9.17) is 5.11 Å². The van der Waals surface area contributed by atoms with E-state index in [1.54, 1.807) is 0 Å². The van der Waals surface area contributed by atoms with Crippen molar-refractivity contribution >= 4 is 5.97 Å². The fraction of sp³-hybridized carbons (Fsp3) is 0.857. The zero-order valence-electron chi connectivity index (χ0n) is 8.74. The summed E-state index contributed by atoms with van der Waals surface area (Å²) in [7, 11) is 0. The molecule has 0 aromatic heterocycles. The molecule has 0 aromatic rings. The number of alkyl halides is 9. The summed E-state index contributed by atoms with van der Waals surface area (Å²) in [5.41, 5.74) is -5.50. The molecule has 19 heavy (non-hydrogen) atoms. The van der Waals surface area contributed by atoms with Gasteiger partial charge in [0, 0.05) is 0 Å². The molecular formula is C7H5F9O3. The molecule has 0 amide bonds. The Morgan fingerprint density at radius 2 is 1.37 bits per heavy atom. The molecular weight excluding hydrogens is 303 g/mol. The van der Waals surface area contributed by atoms with E-state index in [-0.39, 0.29) is 0 Å². The number of hydrogen-bond donors (Lipinski definition) is 1. The molecule has 0 aliphatic heterocycles. The van der Waals surface area contributed by atoms with E-state index in [0.29, 0.717) is 0 Å². The van der Waals surface area contributed by atoms with E-state index in [1.807, 2.05) is 0 Å². The molecule has 0 radical (unpaired) electrons. The quantitative estimate of drug-likeness (QED) is 0.812. The van der Waals surface area contributed by atoms with E-state index in [9.17, 15) is 44.3 Å². The van der Waals surface area contributed by atoms with Gasteiger partial charge in [0.25, 0.3) is 11.8 Å². The second kappa shape index (κ2) is 4.72. The van der Waals surface area contributed by atoms with Crippen LogP contribution in [-0.2, 0) is 9.53 Å². The molecule has 2 atom stereocenters. The molecule has 0 aliphatic rings. The number of hydrogen-bond acceptors (Lipinski definition) is 2. The molecule has 0 aromatic carbocycles. The lowest BCUT2D eigenvalue weighted by Crippen LogP contribution is -2.58. The minimum Gasteiger partial charge on any atom is -0.479 e. The molecule has 2 unspecified atom stereocenters. The highest BCUT2D eigenvalue weighted by Crippen LogP contribution is 2.47. The summed E-state index contributed by atoms with van der Waals surface area (Å²) >= 11 is 0. The average Bonchev–Trinajstić information content (AvgIpc) is 2.09. The van der Waals surface area contributed by atoms with Gasteiger partial charge in [0.05, 0.1) is 0 Å². The summed E-state index contributed by atoms with van der Waals surface area (Å²) in [5, 5.41) is 7.96. The first-order chi connectivity index (χ1) is 8.04. The van der Waals surface area contributed by atoms with Crippen molar-refractivity contribution in [2.45, 2.75) is 37.2 Å². The zero-order valence-corrected chi connectivity index (χ0v) is 8.74. The van der Waals surface area contributed by atoms with Gasteiger partial charge in [-0.2, -0.15) is 35.1 Å². The summed E-state index contributed by atoms with van der Waals surface area (Å²) in [6.45, 7) is -0.776. The first-order valence-electron chi connectivity index (χ1n) is 4.15. The van der Waals surface area contributed by atoms with Crippen molar-refractivity contribution in [3.63, 3.8) is 0 Å². The number of carboxylic acids is 1. The molecule has 0 aliphatic carbocycles. The van der Waals surface area contributed by atoms with Crippen molar-refractivity contribution in [2.24, 2.45) is 0 Å². The predicted octanol–water partition coefficient (Wildman–Crippen LogP) is 2.90. The van der Waals surface area contributed by atoms with Crippen molar-refractivity contribution in [2.75, 3.05) is 0 Å². The topological polar surface area (TPSA) is 46.5 Å². The Hall–Kier alpha value is -1.20. The lowest BCUT2D eigenvalue weighted by atomic mass is 10.1. The van der Waals surface area contributed by atoms with E-state index in [1.165, 1.54) is 0 Å². The molecule has 0 spiro atoms. The van der Waals surface area contributed by atoms with Crippen LogP contribution < -0.4 is 0 Å². The maximum Gasteiger partial charge on any atom is 0.430 e. The van der Waals surface area contributed by atoms with Crippen molar-refractivity contribution in [3.05, 3.63) is 0 Å². The van der Waals surface area contributed by atoms with Gasteiger partial charge in [-0.15, -0.1) is 0 Å². The van der Waals surface area contributed by atoms with Crippen LogP contribution in [0.15, 0.2) is 0 Å². The molecule has 0 saturated heterocycles. The zero-order chi connectivity index (χ0) is 15.9. The van der Waals surface area contributed by atoms with Crippen LogP contribution in [0.4, 0.5) is 39.5 Å². The third-order valence-corrected chi connectivity index (χ3v) is 1.87. The Bertz CT molecular complexity index is 343. The second-order valence-electron chi connectivity index (χ2n) is 3.40. The maximum absolute atomic E-state index is 12.8. The van der Waals surface area contributed by atoms with Crippen LogP contribution >= 0.6 is 0 Å². The SMILES string of the molecule is CC(F)(C(F)(F)F)C(F)(F)OC(C(=O)O)C(F)(F)F. The van der Waals surface area contributed by atoms with E-state index < -0.39 is 43.1 Å². The summed E-state index contributed by atoms with van der Waals surface area (Å²) in [4.78, 5) is 10.0. The van der Waals surface area contributed by atoms with Gasteiger partial charge in [-0.3, -0.25) is 4.74 Å².